The molecule has 11 aromatic rings. The van der Waals surface area contributed by atoms with Crippen LogP contribution in [-0.2, 0) is 5.41 Å². The third-order valence-electron chi connectivity index (χ3n) is 13.0. The average molecular weight is 708 g/mol. The number of fused-ring (bicyclic) bond motifs is 19. The summed E-state index contributed by atoms with van der Waals surface area (Å²) in [6, 6.07) is 75.0. The van der Waals surface area contributed by atoms with Crippen LogP contribution < -0.4 is 0 Å². The molecule has 1 nitrogen and oxygen atoms in total. The molecule has 1 spiro atoms. The fourth-order valence-corrected chi connectivity index (χ4v) is 10.7. The fraction of sp³-hybridized carbons (Fsp3) is 0.0182. The molecule has 13 rings (SSSR count). The lowest BCUT2D eigenvalue weighted by Gasteiger charge is -2.30. The van der Waals surface area contributed by atoms with Crippen molar-refractivity contribution >= 4 is 54.1 Å². The molecule has 1 aromatic heterocycles. The molecular weight excluding hydrogens is 675 g/mol. The number of benzene rings is 10. The molecule has 0 radical (unpaired) electrons. The molecule has 0 fully saturated rings. The molecule has 1 heteroatoms. The maximum atomic E-state index is 2.53. The van der Waals surface area contributed by atoms with Crippen LogP contribution in [0.3, 0.4) is 0 Å². The van der Waals surface area contributed by atoms with Crippen LogP contribution in [0.2, 0.25) is 0 Å². The fourth-order valence-electron chi connectivity index (χ4n) is 10.7. The molecule has 0 bridgehead atoms. The van der Waals surface area contributed by atoms with Crippen LogP contribution in [0.5, 0.6) is 0 Å². The molecule has 0 N–H and O–H groups in total. The Kier molecular flexibility index (Phi) is 5.89. The van der Waals surface area contributed by atoms with Crippen LogP contribution in [0.25, 0.3) is 93.2 Å². The molecule has 10 aromatic carbocycles. The Balaban J connectivity index is 1.06. The van der Waals surface area contributed by atoms with E-state index in [2.05, 4.69) is 205 Å². The highest BCUT2D eigenvalue weighted by Crippen LogP contribution is 2.63. The van der Waals surface area contributed by atoms with E-state index in [1.165, 1.54) is 110 Å². The van der Waals surface area contributed by atoms with Crippen molar-refractivity contribution in [2.24, 2.45) is 0 Å². The van der Waals surface area contributed by atoms with Gasteiger partial charge < -0.3 is 4.57 Å². The van der Waals surface area contributed by atoms with Crippen LogP contribution in [0.15, 0.2) is 200 Å². The summed E-state index contributed by atoms with van der Waals surface area (Å²) in [7, 11) is 0. The van der Waals surface area contributed by atoms with E-state index in [4.69, 9.17) is 0 Å². The zero-order valence-corrected chi connectivity index (χ0v) is 30.5. The van der Waals surface area contributed by atoms with Crippen LogP contribution in [-0.4, -0.2) is 4.57 Å². The third-order valence-corrected chi connectivity index (χ3v) is 13.0. The molecule has 1 heterocycles. The van der Waals surface area contributed by atoms with Gasteiger partial charge in [0.2, 0.25) is 0 Å². The summed E-state index contributed by atoms with van der Waals surface area (Å²) in [5.74, 6) is 0. The number of hydrogen-bond acceptors (Lipinski definition) is 0. The van der Waals surface area contributed by atoms with Gasteiger partial charge in [-0.05, 0) is 124 Å². The summed E-state index contributed by atoms with van der Waals surface area (Å²) in [5, 5.41) is 10.3. The quantitative estimate of drug-likeness (QED) is 0.158. The molecule has 2 aliphatic carbocycles. The first kappa shape index (κ1) is 30.1. The van der Waals surface area contributed by atoms with E-state index in [1.54, 1.807) is 0 Å². The second-order valence-electron chi connectivity index (χ2n) is 15.6. The van der Waals surface area contributed by atoms with Gasteiger partial charge in [-0.15, -0.1) is 0 Å². The molecule has 2 aliphatic rings. The van der Waals surface area contributed by atoms with Crippen molar-refractivity contribution in [3.8, 4) is 39.1 Å². The van der Waals surface area contributed by atoms with Gasteiger partial charge in [0.15, 0.2) is 0 Å². The Bertz CT molecular complexity index is 3410. The van der Waals surface area contributed by atoms with Crippen molar-refractivity contribution in [3.63, 3.8) is 0 Å². The second kappa shape index (κ2) is 10.9. The number of nitrogens with zero attached hydrogens (tertiary/aromatic N) is 1. The smallest absolute Gasteiger partial charge is 0.0725 e. The molecular formula is C55H33N. The highest BCUT2D eigenvalue weighted by Gasteiger charge is 2.51. The number of para-hydroxylation sites is 1. The minimum Gasteiger partial charge on any atom is -0.309 e. The predicted molar refractivity (Wildman–Crippen MR) is 235 cm³/mol. The van der Waals surface area contributed by atoms with Crippen LogP contribution in [0, 0.1) is 0 Å². The highest BCUT2D eigenvalue weighted by atomic mass is 15.0. The summed E-state index contributed by atoms with van der Waals surface area (Å²) in [6.45, 7) is 0. The van der Waals surface area contributed by atoms with Crippen LogP contribution in [0.4, 0.5) is 0 Å². The second-order valence-corrected chi connectivity index (χ2v) is 15.6. The topological polar surface area (TPSA) is 4.93 Å². The Labute approximate surface area is 324 Å². The lowest BCUT2D eigenvalue weighted by Crippen LogP contribution is -2.25. The van der Waals surface area contributed by atoms with Crippen molar-refractivity contribution in [2.75, 3.05) is 0 Å². The maximum absolute atomic E-state index is 2.53. The zero-order chi connectivity index (χ0) is 36.5. The largest absolute Gasteiger partial charge is 0.309 e. The number of aromatic nitrogens is 1. The lowest BCUT2D eigenvalue weighted by atomic mass is 9.70. The molecule has 0 saturated carbocycles. The van der Waals surface area contributed by atoms with Crippen molar-refractivity contribution in [2.45, 2.75) is 5.41 Å². The highest BCUT2D eigenvalue weighted by molar-refractivity contribution is 6.25. The van der Waals surface area contributed by atoms with E-state index in [9.17, 15) is 0 Å². The maximum Gasteiger partial charge on any atom is 0.0725 e. The van der Waals surface area contributed by atoms with Crippen molar-refractivity contribution < 1.29 is 0 Å². The summed E-state index contributed by atoms with van der Waals surface area (Å²) in [5.41, 5.74) is 16.4. The molecule has 0 saturated heterocycles. The van der Waals surface area contributed by atoms with Gasteiger partial charge in [-0.3, -0.25) is 0 Å². The molecule has 56 heavy (non-hydrogen) atoms. The summed E-state index contributed by atoms with van der Waals surface area (Å²) >= 11 is 0. The molecule has 0 aliphatic heterocycles. The first-order valence-corrected chi connectivity index (χ1v) is 19.6. The Morgan fingerprint density at radius 1 is 0.268 bits per heavy atom. The third kappa shape index (κ3) is 3.75. The summed E-state index contributed by atoms with van der Waals surface area (Å²) in [4.78, 5) is 0. The Hall–Kier alpha value is -7.22. The van der Waals surface area contributed by atoms with E-state index in [0.717, 1.165) is 5.69 Å². The molecule has 0 atom stereocenters. The van der Waals surface area contributed by atoms with E-state index in [1.807, 2.05) is 0 Å². The van der Waals surface area contributed by atoms with Gasteiger partial charge in [-0.25, -0.2) is 0 Å². The molecule has 258 valence electrons. The first-order valence-electron chi connectivity index (χ1n) is 19.6. The standard InChI is InChI=1S/C55H33N/c1-2-18-39-37(16-1)38-17-3-4-19-40(38)46-31-35(28-29-41(39)46)34-14-13-15-36(30-34)56-53-27-12-8-23-45(53)48-32-52-47(33-54(48)56)44-22-7-11-26-51(44)55(52)49-24-9-5-20-42(49)43-21-6-10-25-50(43)55/h1-33H. The summed E-state index contributed by atoms with van der Waals surface area (Å²) in [6.07, 6.45) is 0. The summed E-state index contributed by atoms with van der Waals surface area (Å²) < 4.78 is 2.49. The number of hydrogen-bond donors (Lipinski definition) is 0. The van der Waals surface area contributed by atoms with Gasteiger partial charge in [0.1, 0.15) is 0 Å². The van der Waals surface area contributed by atoms with Gasteiger partial charge in [0, 0.05) is 16.5 Å². The van der Waals surface area contributed by atoms with E-state index in [0.29, 0.717) is 0 Å². The lowest BCUT2D eigenvalue weighted by molar-refractivity contribution is 0.795. The normalized spacial score (nSPS) is 13.5. The first-order chi connectivity index (χ1) is 27.8. The Morgan fingerprint density at radius 3 is 1.41 bits per heavy atom. The van der Waals surface area contributed by atoms with E-state index >= 15 is 0 Å². The average Bonchev–Trinajstić information content (AvgIpc) is 3.87. The minimum atomic E-state index is -0.373. The van der Waals surface area contributed by atoms with Gasteiger partial charge >= 0.3 is 0 Å². The minimum absolute atomic E-state index is 0.373. The van der Waals surface area contributed by atoms with Gasteiger partial charge in [-0.1, -0.05) is 164 Å². The monoisotopic (exact) mass is 707 g/mol. The van der Waals surface area contributed by atoms with Crippen molar-refractivity contribution in [1.29, 1.82) is 0 Å². The van der Waals surface area contributed by atoms with Gasteiger partial charge in [0.05, 0.1) is 16.4 Å². The van der Waals surface area contributed by atoms with Crippen LogP contribution >= 0.6 is 0 Å². The number of rotatable bonds is 2. The van der Waals surface area contributed by atoms with E-state index < -0.39 is 0 Å². The predicted octanol–water partition coefficient (Wildman–Crippen LogP) is 14.3. The molecule has 0 amide bonds. The van der Waals surface area contributed by atoms with Gasteiger partial charge in [0.25, 0.3) is 0 Å². The van der Waals surface area contributed by atoms with Crippen molar-refractivity contribution in [3.05, 3.63) is 222 Å². The van der Waals surface area contributed by atoms with Crippen LogP contribution in [0.1, 0.15) is 22.3 Å². The Morgan fingerprint density at radius 2 is 0.768 bits per heavy atom. The zero-order valence-electron chi connectivity index (χ0n) is 30.5. The molecule has 0 unspecified atom stereocenters. The van der Waals surface area contributed by atoms with Gasteiger partial charge in [-0.2, -0.15) is 0 Å². The SMILES string of the molecule is c1cc(-c2ccc3c4ccccc4c4ccccc4c3c2)cc(-n2c3ccccc3c3cc4c(cc32)-c2ccccc2C42c3ccccc3-c3ccccc32)c1. The van der Waals surface area contributed by atoms with Crippen molar-refractivity contribution in [1.82, 2.24) is 4.57 Å². The van der Waals surface area contributed by atoms with E-state index in [-0.39, 0.29) is 5.41 Å².